The number of pyridine rings is 2. The van der Waals surface area contributed by atoms with Gasteiger partial charge >= 0.3 is 0 Å². The number of aromatic nitrogens is 2. The van der Waals surface area contributed by atoms with Crippen LogP contribution in [0.1, 0.15) is 5.56 Å². The maximum atomic E-state index is 12.0. The number of anilines is 2. The minimum Gasteiger partial charge on any atom is -0.480 e. The van der Waals surface area contributed by atoms with E-state index in [2.05, 4.69) is 9.97 Å². The Hall–Kier alpha value is -2.63. The number of fused-ring (bicyclic) bond motifs is 1. The predicted molar refractivity (Wildman–Crippen MR) is 69.6 cm³/mol. The van der Waals surface area contributed by atoms with Crippen molar-refractivity contribution >= 4 is 17.4 Å². The number of carbonyl (C=O) groups excluding carboxylic acids is 1. The highest BCUT2D eigenvalue weighted by molar-refractivity contribution is 5.96. The van der Waals surface area contributed by atoms with Gasteiger partial charge in [-0.2, -0.15) is 0 Å². The van der Waals surface area contributed by atoms with Crippen molar-refractivity contribution in [3.05, 3.63) is 42.4 Å². The van der Waals surface area contributed by atoms with E-state index in [1.807, 2.05) is 12.1 Å². The molecule has 2 aromatic rings. The summed E-state index contributed by atoms with van der Waals surface area (Å²) in [6.07, 6.45) is 4.90. The van der Waals surface area contributed by atoms with Gasteiger partial charge in [0.25, 0.3) is 5.91 Å². The Balaban J connectivity index is 1.95. The van der Waals surface area contributed by atoms with Gasteiger partial charge in [-0.1, -0.05) is 0 Å². The maximum absolute atomic E-state index is 12.0. The third-order valence-corrected chi connectivity index (χ3v) is 2.85. The molecule has 1 aliphatic rings. The smallest absolute Gasteiger partial charge is 0.266 e. The standard InChI is InChI=1S/C13H12N4O2/c14-10-5-11-13(16-6-10)17(12(18)8-19-11)7-9-1-3-15-4-2-9/h1-6H,7-8,14H2. The molecule has 96 valence electrons. The topological polar surface area (TPSA) is 81.3 Å². The van der Waals surface area contributed by atoms with Crippen molar-refractivity contribution in [3.63, 3.8) is 0 Å². The Morgan fingerprint density at radius 1 is 1.37 bits per heavy atom. The van der Waals surface area contributed by atoms with Crippen molar-refractivity contribution in [3.8, 4) is 5.75 Å². The Kier molecular flexibility index (Phi) is 2.75. The zero-order valence-corrected chi connectivity index (χ0v) is 10.1. The average Bonchev–Trinajstić information content (AvgIpc) is 2.43. The van der Waals surface area contributed by atoms with Crippen LogP contribution in [0.2, 0.25) is 0 Å². The minimum absolute atomic E-state index is 0.00319. The lowest BCUT2D eigenvalue weighted by Crippen LogP contribution is -2.38. The average molecular weight is 256 g/mol. The van der Waals surface area contributed by atoms with Gasteiger partial charge in [-0.15, -0.1) is 0 Å². The molecule has 0 radical (unpaired) electrons. The van der Waals surface area contributed by atoms with Crippen molar-refractivity contribution in [2.45, 2.75) is 6.54 Å². The molecule has 3 heterocycles. The molecule has 0 unspecified atom stereocenters. The van der Waals surface area contributed by atoms with E-state index in [0.29, 0.717) is 23.8 Å². The molecule has 0 fully saturated rings. The first-order chi connectivity index (χ1) is 9.24. The van der Waals surface area contributed by atoms with Gasteiger partial charge in [-0.3, -0.25) is 14.7 Å². The summed E-state index contributed by atoms with van der Waals surface area (Å²) in [7, 11) is 0. The van der Waals surface area contributed by atoms with E-state index in [1.165, 1.54) is 6.20 Å². The number of ether oxygens (including phenoxy) is 1. The van der Waals surface area contributed by atoms with Crippen molar-refractivity contribution in [1.29, 1.82) is 0 Å². The fraction of sp³-hybridized carbons (Fsp3) is 0.154. The Morgan fingerprint density at radius 2 is 2.16 bits per heavy atom. The predicted octanol–water partition coefficient (Wildman–Crippen LogP) is 0.984. The van der Waals surface area contributed by atoms with Crippen LogP contribution >= 0.6 is 0 Å². The normalized spacial score (nSPS) is 13.9. The third kappa shape index (κ3) is 2.20. The lowest BCUT2D eigenvalue weighted by atomic mass is 10.2. The summed E-state index contributed by atoms with van der Waals surface area (Å²) in [4.78, 5) is 21.7. The largest absolute Gasteiger partial charge is 0.480 e. The second-order valence-electron chi connectivity index (χ2n) is 4.21. The summed E-state index contributed by atoms with van der Waals surface area (Å²) in [6.45, 7) is 0.442. The minimum atomic E-state index is -0.124. The first kappa shape index (κ1) is 11.5. The molecule has 6 nitrogen and oxygen atoms in total. The van der Waals surface area contributed by atoms with Crippen LogP contribution in [-0.4, -0.2) is 22.5 Å². The number of rotatable bonds is 2. The lowest BCUT2D eigenvalue weighted by Gasteiger charge is -2.28. The van der Waals surface area contributed by atoms with Gasteiger partial charge in [-0.05, 0) is 17.7 Å². The van der Waals surface area contributed by atoms with Gasteiger partial charge in [0.2, 0.25) is 0 Å². The summed E-state index contributed by atoms with van der Waals surface area (Å²) >= 11 is 0. The number of amides is 1. The van der Waals surface area contributed by atoms with E-state index >= 15 is 0 Å². The van der Waals surface area contributed by atoms with E-state index < -0.39 is 0 Å². The second-order valence-corrected chi connectivity index (χ2v) is 4.21. The van der Waals surface area contributed by atoms with Crippen LogP contribution in [0, 0.1) is 0 Å². The Labute approximate surface area is 109 Å². The van der Waals surface area contributed by atoms with Gasteiger partial charge in [0, 0.05) is 18.5 Å². The van der Waals surface area contributed by atoms with Gasteiger partial charge in [0.1, 0.15) is 0 Å². The fourth-order valence-electron chi connectivity index (χ4n) is 1.93. The van der Waals surface area contributed by atoms with Crippen LogP contribution in [0.3, 0.4) is 0 Å². The van der Waals surface area contributed by atoms with Crippen LogP contribution < -0.4 is 15.4 Å². The van der Waals surface area contributed by atoms with Crippen LogP contribution in [0.25, 0.3) is 0 Å². The number of hydrogen-bond acceptors (Lipinski definition) is 5. The molecular formula is C13H12N4O2. The van der Waals surface area contributed by atoms with Gasteiger partial charge < -0.3 is 10.5 Å². The molecule has 2 N–H and O–H groups in total. The third-order valence-electron chi connectivity index (χ3n) is 2.85. The monoisotopic (exact) mass is 256 g/mol. The number of nitrogens with zero attached hydrogens (tertiary/aromatic N) is 3. The van der Waals surface area contributed by atoms with E-state index in [-0.39, 0.29) is 12.5 Å². The first-order valence-corrected chi connectivity index (χ1v) is 5.81. The van der Waals surface area contributed by atoms with Crippen molar-refractivity contribution in [1.82, 2.24) is 9.97 Å². The summed E-state index contributed by atoms with van der Waals surface area (Å²) in [5.41, 5.74) is 7.15. The van der Waals surface area contributed by atoms with E-state index in [9.17, 15) is 4.79 Å². The SMILES string of the molecule is Nc1cnc2c(c1)OCC(=O)N2Cc1ccncc1. The van der Waals surface area contributed by atoms with Crippen LogP contribution in [0.15, 0.2) is 36.8 Å². The van der Waals surface area contributed by atoms with Gasteiger partial charge in [0.15, 0.2) is 18.2 Å². The fourth-order valence-corrected chi connectivity index (χ4v) is 1.93. The highest BCUT2D eigenvalue weighted by atomic mass is 16.5. The molecule has 19 heavy (non-hydrogen) atoms. The molecule has 1 amide bonds. The number of nitrogen functional groups attached to an aromatic ring is 1. The summed E-state index contributed by atoms with van der Waals surface area (Å²) in [6, 6.07) is 5.40. The molecule has 3 rings (SSSR count). The quantitative estimate of drug-likeness (QED) is 0.866. The molecule has 2 aromatic heterocycles. The molecule has 0 aromatic carbocycles. The van der Waals surface area contributed by atoms with Crippen molar-refractivity contribution in [2.24, 2.45) is 0 Å². The highest BCUT2D eigenvalue weighted by Gasteiger charge is 2.27. The van der Waals surface area contributed by atoms with Crippen molar-refractivity contribution in [2.75, 3.05) is 17.2 Å². The Bertz CT molecular complexity index is 615. The van der Waals surface area contributed by atoms with Crippen LogP contribution in [0.4, 0.5) is 11.5 Å². The highest BCUT2D eigenvalue weighted by Crippen LogP contribution is 2.32. The molecule has 0 spiro atoms. The van der Waals surface area contributed by atoms with Crippen LogP contribution in [-0.2, 0) is 11.3 Å². The molecule has 0 bridgehead atoms. The number of nitrogens with two attached hydrogens (primary N) is 1. The maximum Gasteiger partial charge on any atom is 0.266 e. The second kappa shape index (κ2) is 4.56. The molecule has 0 saturated carbocycles. The van der Waals surface area contributed by atoms with E-state index in [1.54, 1.807) is 23.4 Å². The summed E-state index contributed by atoms with van der Waals surface area (Å²) in [5, 5.41) is 0. The van der Waals surface area contributed by atoms with E-state index in [0.717, 1.165) is 5.56 Å². The summed E-state index contributed by atoms with van der Waals surface area (Å²) in [5.74, 6) is 0.914. The van der Waals surface area contributed by atoms with Gasteiger partial charge in [0.05, 0.1) is 18.4 Å². The summed E-state index contributed by atoms with van der Waals surface area (Å²) < 4.78 is 5.34. The molecule has 0 saturated heterocycles. The van der Waals surface area contributed by atoms with E-state index in [4.69, 9.17) is 10.5 Å². The van der Waals surface area contributed by atoms with Crippen LogP contribution in [0.5, 0.6) is 5.75 Å². The lowest BCUT2D eigenvalue weighted by molar-refractivity contribution is -0.121. The number of hydrogen-bond donors (Lipinski definition) is 1. The molecule has 0 aliphatic carbocycles. The first-order valence-electron chi connectivity index (χ1n) is 5.81. The van der Waals surface area contributed by atoms with Gasteiger partial charge in [-0.25, -0.2) is 4.98 Å². The Morgan fingerprint density at radius 3 is 2.95 bits per heavy atom. The van der Waals surface area contributed by atoms with Crippen molar-refractivity contribution < 1.29 is 9.53 Å². The zero-order chi connectivity index (χ0) is 13.2. The number of carbonyl (C=O) groups is 1. The molecule has 6 heteroatoms. The molecular weight excluding hydrogens is 244 g/mol. The molecule has 0 atom stereocenters. The molecule has 1 aliphatic heterocycles. The zero-order valence-electron chi connectivity index (χ0n) is 10.1.